The quantitative estimate of drug-likeness (QED) is 0.436. The summed E-state index contributed by atoms with van der Waals surface area (Å²) in [5.74, 6) is 0. The van der Waals surface area contributed by atoms with Crippen molar-refractivity contribution in [2.45, 2.75) is 80.6 Å². The minimum Gasteiger partial charge on any atom is -0.467 e. The zero-order valence-electron chi connectivity index (χ0n) is 22.4. The molecule has 1 aromatic heterocycles. The molecule has 0 saturated carbocycles. The summed E-state index contributed by atoms with van der Waals surface area (Å²) >= 11 is 0. The van der Waals surface area contributed by atoms with Gasteiger partial charge in [-0.1, -0.05) is 45.1 Å². The molecule has 0 N–H and O–H groups in total. The van der Waals surface area contributed by atoms with Crippen molar-refractivity contribution >= 4 is 5.71 Å². The zero-order chi connectivity index (χ0) is 25.9. The van der Waals surface area contributed by atoms with Gasteiger partial charge in [0.05, 0.1) is 18.7 Å². The van der Waals surface area contributed by atoms with Crippen molar-refractivity contribution in [3.05, 3.63) is 76.8 Å². The Bertz CT molecular complexity index is 938. The molecule has 1 aliphatic rings. The van der Waals surface area contributed by atoms with Gasteiger partial charge < -0.3 is 4.74 Å². The summed E-state index contributed by atoms with van der Waals surface area (Å²) < 4.78 is 4.79. The maximum absolute atomic E-state index is 8.59. The molecule has 1 heterocycles. The minimum absolute atomic E-state index is 0.428. The van der Waals surface area contributed by atoms with Gasteiger partial charge in [-0.15, -0.1) is 0 Å². The number of nitrogens with zero attached hydrogens (tertiary/aromatic N) is 4. The van der Waals surface area contributed by atoms with Crippen LogP contribution in [0.2, 0.25) is 0 Å². The predicted octanol–water partition coefficient (Wildman–Crippen LogP) is 7.73. The molecule has 0 fully saturated rings. The standard InChI is InChI=1S/C11H17N.C9H9N.C7H10N2O.C2H6/c1-4-12-10(3)11-8-6-5-7-9(11)2;1-7-3-4-8(2)9(5-7)6-10;1-3-6-4-8-7(10-2)9-5-6;1-2/h4H,1,5-8H2,2-3H3;3-5H,1-2H3;4-5H,3H2,1-2H3;1-2H3. The Labute approximate surface area is 207 Å². The number of allylic oxidation sites excluding steroid dienone is 2. The number of methoxy groups -OCH3 is 1. The number of hydrogen-bond acceptors (Lipinski definition) is 5. The van der Waals surface area contributed by atoms with Crippen molar-refractivity contribution in [2.24, 2.45) is 4.99 Å². The molecule has 34 heavy (non-hydrogen) atoms. The Balaban J connectivity index is 0.000000465. The van der Waals surface area contributed by atoms with Crippen LogP contribution in [0.3, 0.4) is 0 Å². The van der Waals surface area contributed by atoms with Gasteiger partial charge in [-0.05, 0) is 88.1 Å². The largest absolute Gasteiger partial charge is 0.467 e. The Morgan fingerprint density at radius 2 is 1.76 bits per heavy atom. The molecule has 0 unspecified atom stereocenters. The van der Waals surface area contributed by atoms with Crippen LogP contribution in [0, 0.1) is 25.2 Å². The maximum atomic E-state index is 8.59. The lowest BCUT2D eigenvalue weighted by atomic mass is 9.90. The van der Waals surface area contributed by atoms with Crippen LogP contribution in [0.15, 0.2) is 59.5 Å². The summed E-state index contributed by atoms with van der Waals surface area (Å²) in [5, 5.41) is 8.59. The highest BCUT2D eigenvalue weighted by atomic mass is 16.5. The maximum Gasteiger partial charge on any atom is 0.316 e. The summed E-state index contributed by atoms with van der Waals surface area (Å²) in [6, 6.07) is 8.44. The first-order chi connectivity index (χ1) is 16.4. The third kappa shape index (κ3) is 11.6. The summed E-state index contributed by atoms with van der Waals surface area (Å²) in [6.45, 7) is 17.9. The van der Waals surface area contributed by atoms with Gasteiger partial charge >= 0.3 is 6.01 Å². The molecule has 3 rings (SSSR count). The second-order valence-electron chi connectivity index (χ2n) is 7.72. The third-order valence-corrected chi connectivity index (χ3v) is 5.25. The highest BCUT2D eigenvalue weighted by molar-refractivity contribution is 5.99. The smallest absolute Gasteiger partial charge is 0.316 e. The molecule has 184 valence electrons. The van der Waals surface area contributed by atoms with E-state index >= 15 is 0 Å². The second-order valence-corrected chi connectivity index (χ2v) is 7.72. The number of ether oxygens (including phenoxy) is 1. The van der Waals surface area contributed by atoms with Gasteiger partial charge in [0.25, 0.3) is 0 Å². The van der Waals surface area contributed by atoms with Gasteiger partial charge in [-0.25, -0.2) is 9.97 Å². The number of rotatable bonds is 4. The fourth-order valence-electron chi connectivity index (χ4n) is 3.25. The van der Waals surface area contributed by atoms with E-state index in [1.54, 1.807) is 25.7 Å². The summed E-state index contributed by atoms with van der Waals surface area (Å²) in [7, 11) is 1.56. The van der Waals surface area contributed by atoms with E-state index in [0.717, 1.165) is 34.4 Å². The van der Waals surface area contributed by atoms with E-state index in [1.165, 1.54) is 36.8 Å². The van der Waals surface area contributed by atoms with E-state index in [1.807, 2.05) is 45.9 Å². The van der Waals surface area contributed by atoms with Crippen molar-refractivity contribution in [1.82, 2.24) is 9.97 Å². The monoisotopic (exact) mass is 462 g/mol. The Kier molecular flexibility index (Phi) is 16.5. The van der Waals surface area contributed by atoms with Crippen molar-refractivity contribution in [3.8, 4) is 12.1 Å². The molecule has 1 aromatic carbocycles. The van der Waals surface area contributed by atoms with Crippen molar-refractivity contribution in [3.63, 3.8) is 0 Å². The van der Waals surface area contributed by atoms with Crippen LogP contribution < -0.4 is 4.74 Å². The number of aliphatic imine (C=N–C) groups is 1. The highest BCUT2D eigenvalue weighted by Crippen LogP contribution is 2.25. The van der Waals surface area contributed by atoms with Crippen LogP contribution in [0.4, 0.5) is 0 Å². The first-order valence-corrected chi connectivity index (χ1v) is 12.0. The van der Waals surface area contributed by atoms with Crippen LogP contribution in [-0.4, -0.2) is 22.8 Å². The highest BCUT2D eigenvalue weighted by Gasteiger charge is 2.10. The molecule has 1 aliphatic carbocycles. The molecule has 0 aliphatic heterocycles. The number of benzene rings is 1. The third-order valence-electron chi connectivity index (χ3n) is 5.25. The normalized spacial score (nSPS) is 12.5. The van der Waals surface area contributed by atoms with Crippen LogP contribution in [0.1, 0.15) is 82.6 Å². The average Bonchev–Trinajstić information content (AvgIpc) is 2.88. The Morgan fingerprint density at radius 1 is 1.15 bits per heavy atom. The number of hydrogen-bond donors (Lipinski definition) is 0. The topological polar surface area (TPSA) is 71.2 Å². The lowest BCUT2D eigenvalue weighted by molar-refractivity contribution is 0.379. The molecular formula is C29H42N4O. The SMILES string of the molecule is C=CN=C(C)C1=C(C)CCCC1.CC.CCc1cnc(OC)nc1.Cc1ccc(C)c(C#N)c1. The Morgan fingerprint density at radius 3 is 2.24 bits per heavy atom. The van der Waals surface area contributed by atoms with Crippen molar-refractivity contribution in [1.29, 1.82) is 5.26 Å². The second kappa shape index (κ2) is 18.2. The van der Waals surface area contributed by atoms with Gasteiger partial charge in [0.2, 0.25) is 0 Å². The summed E-state index contributed by atoms with van der Waals surface area (Å²) in [5.41, 5.74) is 8.23. The van der Waals surface area contributed by atoms with E-state index in [9.17, 15) is 0 Å². The predicted molar refractivity (Wildman–Crippen MR) is 144 cm³/mol. The molecule has 0 atom stereocenters. The molecular weight excluding hydrogens is 420 g/mol. The van der Waals surface area contributed by atoms with E-state index in [-0.39, 0.29) is 0 Å². The van der Waals surface area contributed by atoms with Crippen molar-refractivity contribution in [2.75, 3.05) is 7.11 Å². The van der Waals surface area contributed by atoms with Crippen LogP contribution >= 0.6 is 0 Å². The first-order valence-electron chi connectivity index (χ1n) is 12.0. The Hall–Kier alpha value is -3.26. The summed E-state index contributed by atoms with van der Waals surface area (Å²) in [6.07, 6.45) is 11.2. The number of aryl methyl sites for hydroxylation is 3. The zero-order valence-corrected chi connectivity index (χ0v) is 22.4. The van der Waals surface area contributed by atoms with Crippen molar-refractivity contribution < 1.29 is 4.74 Å². The number of nitriles is 1. The average molecular weight is 463 g/mol. The van der Waals surface area contributed by atoms with Gasteiger partial charge in [0.1, 0.15) is 0 Å². The van der Waals surface area contributed by atoms with E-state index in [4.69, 9.17) is 10.00 Å². The van der Waals surface area contributed by atoms with E-state index in [0.29, 0.717) is 6.01 Å². The van der Waals surface area contributed by atoms with Crippen LogP contribution in [-0.2, 0) is 6.42 Å². The van der Waals surface area contributed by atoms with Gasteiger partial charge in [-0.3, -0.25) is 4.99 Å². The minimum atomic E-state index is 0.428. The molecule has 0 radical (unpaired) electrons. The van der Waals surface area contributed by atoms with Crippen LogP contribution in [0.5, 0.6) is 6.01 Å². The lowest BCUT2D eigenvalue weighted by Crippen LogP contribution is -2.05. The lowest BCUT2D eigenvalue weighted by Gasteiger charge is -2.16. The summed E-state index contributed by atoms with van der Waals surface area (Å²) in [4.78, 5) is 12.1. The van der Waals surface area contributed by atoms with E-state index < -0.39 is 0 Å². The first kappa shape index (κ1) is 30.7. The molecule has 0 bridgehead atoms. The molecule has 2 aromatic rings. The van der Waals surface area contributed by atoms with Crippen LogP contribution in [0.25, 0.3) is 0 Å². The fraction of sp³-hybridized carbons (Fsp3) is 0.448. The molecule has 0 saturated heterocycles. The molecule has 0 spiro atoms. The number of aromatic nitrogens is 2. The van der Waals surface area contributed by atoms with Gasteiger partial charge in [0.15, 0.2) is 0 Å². The molecule has 5 nitrogen and oxygen atoms in total. The molecule has 5 heteroatoms. The fourth-order valence-corrected chi connectivity index (χ4v) is 3.25. The van der Waals surface area contributed by atoms with E-state index in [2.05, 4.69) is 48.4 Å². The molecule has 0 amide bonds. The van der Waals surface area contributed by atoms with Gasteiger partial charge in [-0.2, -0.15) is 5.26 Å². The van der Waals surface area contributed by atoms with Gasteiger partial charge in [0, 0.05) is 24.3 Å².